The van der Waals surface area contributed by atoms with Gasteiger partial charge in [0.05, 0.1) is 6.61 Å². The van der Waals surface area contributed by atoms with E-state index in [-0.39, 0.29) is 16.2 Å². The summed E-state index contributed by atoms with van der Waals surface area (Å²) in [6, 6.07) is 19.1. The van der Waals surface area contributed by atoms with Gasteiger partial charge in [0.25, 0.3) is 0 Å². The summed E-state index contributed by atoms with van der Waals surface area (Å²) in [5, 5.41) is 11.5. The van der Waals surface area contributed by atoms with Gasteiger partial charge in [-0.2, -0.15) is 0 Å². The van der Waals surface area contributed by atoms with Crippen LogP contribution in [0.3, 0.4) is 0 Å². The molecule has 0 amide bonds. The van der Waals surface area contributed by atoms with E-state index < -0.39 is 5.79 Å². The van der Waals surface area contributed by atoms with Crippen molar-refractivity contribution in [3.8, 4) is 0 Å². The van der Waals surface area contributed by atoms with Gasteiger partial charge in [0.1, 0.15) is 5.78 Å². The smallest absolute Gasteiger partial charge is 0.169 e. The molecule has 3 heteroatoms. The van der Waals surface area contributed by atoms with E-state index in [1.54, 1.807) is 0 Å². The van der Waals surface area contributed by atoms with Crippen LogP contribution < -0.4 is 0 Å². The number of carbonyl (C=O) groups is 1. The molecule has 3 saturated carbocycles. The van der Waals surface area contributed by atoms with Crippen LogP contribution in [0.2, 0.25) is 0 Å². The Kier molecular flexibility index (Phi) is 6.71. The number of hydrogen-bond donors (Lipinski definition) is 1. The van der Waals surface area contributed by atoms with Gasteiger partial charge in [0.2, 0.25) is 0 Å². The fraction of sp³-hybridized carbons (Fsp3) is 0.583. The van der Waals surface area contributed by atoms with Crippen molar-refractivity contribution in [2.24, 2.45) is 34.0 Å². The minimum atomic E-state index is -1.08. The quantitative estimate of drug-likeness (QED) is 0.307. The van der Waals surface area contributed by atoms with Crippen molar-refractivity contribution in [3.63, 3.8) is 0 Å². The fourth-order valence-corrected chi connectivity index (χ4v) is 9.71. The van der Waals surface area contributed by atoms with Crippen LogP contribution >= 0.6 is 0 Å². The van der Waals surface area contributed by atoms with Gasteiger partial charge < -0.3 is 9.84 Å². The highest BCUT2D eigenvalue weighted by atomic mass is 16.6. The molecule has 7 atom stereocenters. The standard InChI is InChI=1S/C36H46O3/c1-25-10-12-28(13-11-25)24-39-36(38)21-20-33(3)29(23-36)14-15-30-31(33)16-18-34(4)32(30)17-19-35(34,26(2)37)22-27-8-6-5-7-9-27/h5-14,30-32,38H,15-24H2,1-4H3/t30-,31+,32+,33+,34+,35+,36-/m1/s1. The second-order valence-electron chi connectivity index (χ2n) is 14.0. The van der Waals surface area contributed by atoms with Gasteiger partial charge in [0.15, 0.2) is 5.79 Å². The number of rotatable bonds is 6. The van der Waals surface area contributed by atoms with Crippen LogP contribution in [0.4, 0.5) is 0 Å². The molecular formula is C36H46O3. The Bertz CT molecular complexity index is 1250. The average molecular weight is 527 g/mol. The van der Waals surface area contributed by atoms with E-state index in [4.69, 9.17) is 4.74 Å². The van der Waals surface area contributed by atoms with Crippen molar-refractivity contribution in [2.75, 3.05) is 0 Å². The van der Waals surface area contributed by atoms with Crippen molar-refractivity contribution in [3.05, 3.63) is 82.9 Å². The Morgan fingerprint density at radius 3 is 2.36 bits per heavy atom. The van der Waals surface area contributed by atoms with E-state index in [0.29, 0.717) is 43.0 Å². The highest BCUT2D eigenvalue weighted by Crippen LogP contribution is 2.70. The van der Waals surface area contributed by atoms with E-state index >= 15 is 0 Å². The minimum absolute atomic E-state index is 0.0457. The first-order valence-electron chi connectivity index (χ1n) is 15.3. The molecule has 4 aliphatic carbocycles. The third-order valence-electron chi connectivity index (χ3n) is 12.1. The molecule has 2 aromatic rings. The Hall–Kier alpha value is -2.23. The van der Waals surface area contributed by atoms with Crippen molar-refractivity contribution in [1.82, 2.24) is 0 Å². The molecule has 3 fully saturated rings. The molecule has 6 rings (SSSR count). The van der Waals surface area contributed by atoms with Gasteiger partial charge >= 0.3 is 0 Å². The number of Topliss-reactive ketones (excluding diaryl/α,β-unsaturated/α-hetero) is 1. The number of carbonyl (C=O) groups excluding carboxylic acids is 1. The van der Waals surface area contributed by atoms with Crippen LogP contribution in [0, 0.1) is 40.9 Å². The molecule has 3 nitrogen and oxygen atoms in total. The molecule has 1 N–H and O–H groups in total. The number of hydrogen-bond acceptors (Lipinski definition) is 3. The number of aryl methyl sites for hydroxylation is 1. The minimum Gasteiger partial charge on any atom is -0.365 e. The first-order valence-corrected chi connectivity index (χ1v) is 15.3. The number of fused-ring (bicyclic) bond motifs is 5. The largest absolute Gasteiger partial charge is 0.365 e. The second kappa shape index (κ2) is 9.70. The first-order chi connectivity index (χ1) is 18.6. The van der Waals surface area contributed by atoms with Gasteiger partial charge in [-0.15, -0.1) is 0 Å². The van der Waals surface area contributed by atoms with Crippen molar-refractivity contribution < 1.29 is 14.6 Å². The zero-order valence-corrected chi connectivity index (χ0v) is 24.3. The summed E-state index contributed by atoms with van der Waals surface area (Å²) in [7, 11) is 0. The lowest BCUT2D eigenvalue weighted by Crippen LogP contribution is -2.55. The molecule has 0 aliphatic heterocycles. The predicted molar refractivity (Wildman–Crippen MR) is 156 cm³/mol. The Morgan fingerprint density at radius 2 is 1.64 bits per heavy atom. The molecule has 4 aliphatic rings. The van der Waals surface area contributed by atoms with Gasteiger partial charge in [-0.05, 0) is 98.5 Å². The lowest BCUT2D eigenvalue weighted by atomic mass is 9.44. The lowest BCUT2D eigenvalue weighted by Gasteiger charge is -2.60. The van der Waals surface area contributed by atoms with Gasteiger partial charge in [-0.25, -0.2) is 0 Å². The molecule has 0 unspecified atom stereocenters. The number of allylic oxidation sites excluding steroid dienone is 1. The summed E-state index contributed by atoms with van der Waals surface area (Å²) in [5.41, 5.74) is 4.95. The highest BCUT2D eigenvalue weighted by molar-refractivity contribution is 5.84. The summed E-state index contributed by atoms with van der Waals surface area (Å²) < 4.78 is 6.20. The monoisotopic (exact) mass is 526 g/mol. The van der Waals surface area contributed by atoms with Gasteiger partial charge in [-0.1, -0.05) is 85.7 Å². The molecule has 0 aromatic heterocycles. The maximum Gasteiger partial charge on any atom is 0.169 e. The SMILES string of the molecule is CC(=O)[C@@]1(Cc2ccccc2)CC[C@H]2[C@@H]3CC=C4C[C@](O)(OCc5ccc(C)cc5)CC[C@]4(C)[C@H]3CC[C@@]21C. The van der Waals surface area contributed by atoms with E-state index in [1.165, 1.54) is 23.1 Å². The Morgan fingerprint density at radius 1 is 0.923 bits per heavy atom. The summed E-state index contributed by atoms with van der Waals surface area (Å²) in [4.78, 5) is 13.5. The van der Waals surface area contributed by atoms with Crippen LogP contribution in [-0.4, -0.2) is 16.7 Å². The van der Waals surface area contributed by atoms with E-state index in [2.05, 4.69) is 81.4 Å². The zero-order chi connectivity index (χ0) is 27.5. The van der Waals surface area contributed by atoms with Crippen LogP contribution in [0.1, 0.15) is 88.8 Å². The topological polar surface area (TPSA) is 46.5 Å². The number of ketones is 1. The molecule has 0 bridgehead atoms. The molecule has 0 radical (unpaired) electrons. The fourth-order valence-electron chi connectivity index (χ4n) is 9.71. The summed E-state index contributed by atoms with van der Waals surface area (Å²) in [6.07, 6.45) is 11.2. The predicted octanol–water partition coefficient (Wildman–Crippen LogP) is 7.98. The number of benzene rings is 2. The Balaban J connectivity index is 1.22. The number of aliphatic hydroxyl groups is 1. The molecule has 0 heterocycles. The van der Waals surface area contributed by atoms with Crippen molar-refractivity contribution in [1.29, 1.82) is 0 Å². The molecule has 2 aromatic carbocycles. The average Bonchev–Trinajstić information content (AvgIpc) is 3.23. The third kappa shape index (κ3) is 4.36. The summed E-state index contributed by atoms with van der Waals surface area (Å²) in [5.74, 6) is 1.13. The van der Waals surface area contributed by atoms with Crippen LogP contribution in [0.25, 0.3) is 0 Å². The van der Waals surface area contributed by atoms with Gasteiger partial charge in [0, 0.05) is 18.3 Å². The van der Waals surface area contributed by atoms with Gasteiger partial charge in [-0.3, -0.25) is 4.79 Å². The maximum absolute atomic E-state index is 13.5. The summed E-state index contributed by atoms with van der Waals surface area (Å²) >= 11 is 0. The third-order valence-corrected chi connectivity index (χ3v) is 12.1. The van der Waals surface area contributed by atoms with Crippen LogP contribution in [0.15, 0.2) is 66.2 Å². The van der Waals surface area contributed by atoms with Crippen molar-refractivity contribution in [2.45, 2.75) is 97.9 Å². The van der Waals surface area contributed by atoms with E-state index in [0.717, 1.165) is 44.1 Å². The van der Waals surface area contributed by atoms with E-state index in [1.807, 2.05) is 6.92 Å². The van der Waals surface area contributed by atoms with Crippen LogP contribution in [0.5, 0.6) is 0 Å². The zero-order valence-electron chi connectivity index (χ0n) is 24.3. The molecule has 208 valence electrons. The Labute approximate surface area is 235 Å². The normalized spacial score (nSPS) is 39.3. The first kappa shape index (κ1) is 27.0. The lowest BCUT2D eigenvalue weighted by molar-refractivity contribution is -0.231. The highest BCUT2D eigenvalue weighted by Gasteiger charge is 2.65. The number of ether oxygens (including phenoxy) is 1. The molecule has 0 saturated heterocycles. The van der Waals surface area contributed by atoms with Crippen molar-refractivity contribution >= 4 is 5.78 Å². The molecule has 0 spiro atoms. The maximum atomic E-state index is 13.5. The summed E-state index contributed by atoms with van der Waals surface area (Å²) in [6.45, 7) is 9.33. The van der Waals surface area contributed by atoms with E-state index in [9.17, 15) is 9.90 Å². The van der Waals surface area contributed by atoms with Crippen LogP contribution in [-0.2, 0) is 22.6 Å². The second-order valence-corrected chi connectivity index (χ2v) is 14.0. The molecule has 39 heavy (non-hydrogen) atoms. The molecular weight excluding hydrogens is 480 g/mol.